The fourth-order valence-electron chi connectivity index (χ4n) is 1.74. The Morgan fingerprint density at radius 3 is 2.63 bits per heavy atom. The van der Waals surface area contributed by atoms with E-state index >= 15 is 0 Å². The molecule has 0 radical (unpaired) electrons. The van der Waals surface area contributed by atoms with Gasteiger partial charge in [-0.1, -0.05) is 23.2 Å². The number of carbonyl (C=O) groups is 1. The maximum atomic E-state index is 11.8. The van der Waals surface area contributed by atoms with Crippen LogP contribution < -0.4 is 5.32 Å². The molecule has 0 aliphatic rings. The fraction of sp³-hybridized carbons (Fsp3) is 0.462. The Hall–Kier alpha value is -0.810. The summed E-state index contributed by atoms with van der Waals surface area (Å²) in [4.78, 5) is 13.6. The van der Waals surface area contributed by atoms with Crippen LogP contribution in [0, 0.1) is 0 Å². The third kappa shape index (κ3) is 6.25. The summed E-state index contributed by atoms with van der Waals surface area (Å²) in [6.45, 7) is 3.93. The molecule has 0 spiro atoms. The minimum absolute atomic E-state index is 0.160. The van der Waals surface area contributed by atoms with Gasteiger partial charge in [-0.2, -0.15) is 0 Å². The van der Waals surface area contributed by atoms with Crippen LogP contribution in [-0.2, 0) is 4.79 Å². The van der Waals surface area contributed by atoms with Crippen molar-refractivity contribution in [3.63, 3.8) is 0 Å². The number of rotatable bonds is 5. The van der Waals surface area contributed by atoms with Gasteiger partial charge in [-0.05, 0) is 39.1 Å². The van der Waals surface area contributed by atoms with E-state index < -0.39 is 5.60 Å². The Bertz CT molecular complexity index is 458. The molecular weight excluding hydrogens is 287 g/mol. The molecular formula is C13H18Cl2N2O2. The van der Waals surface area contributed by atoms with Gasteiger partial charge in [0.25, 0.3) is 0 Å². The van der Waals surface area contributed by atoms with Gasteiger partial charge in [0.1, 0.15) is 0 Å². The number of benzene rings is 1. The number of amides is 1. The third-order valence-electron chi connectivity index (χ3n) is 2.27. The Morgan fingerprint density at radius 2 is 2.05 bits per heavy atom. The van der Waals surface area contributed by atoms with Crippen LogP contribution in [0.1, 0.15) is 13.8 Å². The minimum atomic E-state index is -0.845. The zero-order chi connectivity index (χ0) is 14.6. The average Bonchev–Trinajstić information content (AvgIpc) is 2.20. The first-order chi connectivity index (χ1) is 8.67. The van der Waals surface area contributed by atoms with Crippen LogP contribution in [0.2, 0.25) is 10.0 Å². The summed E-state index contributed by atoms with van der Waals surface area (Å²) in [5.74, 6) is -0.212. The van der Waals surface area contributed by atoms with Gasteiger partial charge in [0.05, 0.1) is 22.9 Å². The number of likely N-dealkylation sites (N-methyl/N-ethyl adjacent to an activating group) is 1. The highest BCUT2D eigenvalue weighted by atomic mass is 35.5. The molecule has 4 nitrogen and oxygen atoms in total. The summed E-state index contributed by atoms with van der Waals surface area (Å²) >= 11 is 11.8. The monoisotopic (exact) mass is 304 g/mol. The molecule has 0 fully saturated rings. The maximum Gasteiger partial charge on any atom is 0.238 e. The maximum absolute atomic E-state index is 11.8. The normalized spacial score (nSPS) is 11.7. The van der Waals surface area contributed by atoms with Crippen molar-refractivity contribution in [2.24, 2.45) is 0 Å². The first-order valence-corrected chi connectivity index (χ1v) is 6.59. The van der Waals surface area contributed by atoms with Gasteiger partial charge in [-0.3, -0.25) is 9.69 Å². The van der Waals surface area contributed by atoms with Crippen molar-refractivity contribution in [3.8, 4) is 0 Å². The van der Waals surface area contributed by atoms with E-state index in [-0.39, 0.29) is 12.5 Å². The lowest BCUT2D eigenvalue weighted by molar-refractivity contribution is -0.117. The van der Waals surface area contributed by atoms with Gasteiger partial charge < -0.3 is 10.4 Å². The molecule has 1 amide bonds. The number of carbonyl (C=O) groups excluding carboxylic acids is 1. The second-order valence-electron chi connectivity index (χ2n) is 5.16. The summed E-state index contributed by atoms with van der Waals surface area (Å²) in [6, 6.07) is 4.87. The summed E-state index contributed by atoms with van der Waals surface area (Å²) in [5.41, 5.74) is -0.362. The lowest BCUT2D eigenvalue weighted by Gasteiger charge is -2.24. The van der Waals surface area contributed by atoms with Crippen LogP contribution >= 0.6 is 23.2 Å². The molecule has 0 aromatic heterocycles. The van der Waals surface area contributed by atoms with Crippen molar-refractivity contribution in [2.45, 2.75) is 19.4 Å². The number of aliphatic hydroxyl groups is 1. The fourth-order valence-corrected chi connectivity index (χ4v) is 2.08. The summed E-state index contributed by atoms with van der Waals surface area (Å²) in [6.07, 6.45) is 0. The van der Waals surface area contributed by atoms with Crippen LogP contribution in [0.15, 0.2) is 18.2 Å². The van der Waals surface area contributed by atoms with Crippen LogP contribution in [0.5, 0.6) is 0 Å². The van der Waals surface area contributed by atoms with E-state index in [0.29, 0.717) is 22.3 Å². The Labute approximate surface area is 123 Å². The van der Waals surface area contributed by atoms with Crippen molar-refractivity contribution >= 4 is 34.8 Å². The molecule has 2 N–H and O–H groups in total. The number of hydrogen-bond acceptors (Lipinski definition) is 3. The van der Waals surface area contributed by atoms with Crippen molar-refractivity contribution < 1.29 is 9.90 Å². The second kappa shape index (κ2) is 6.57. The van der Waals surface area contributed by atoms with Crippen molar-refractivity contribution in [1.82, 2.24) is 4.90 Å². The summed E-state index contributed by atoms with van der Waals surface area (Å²) < 4.78 is 0. The van der Waals surface area contributed by atoms with E-state index in [0.717, 1.165) is 0 Å². The molecule has 0 bridgehead atoms. The molecule has 0 saturated carbocycles. The predicted octanol–water partition coefficient (Wildman–Crippen LogP) is 2.63. The summed E-state index contributed by atoms with van der Waals surface area (Å²) in [5, 5.41) is 13.3. The Morgan fingerprint density at radius 1 is 1.42 bits per heavy atom. The standard InChI is InChI=1S/C13H18Cl2N2O2/c1-13(2,19)8-17(3)7-12(18)16-11-6-9(14)4-5-10(11)15/h4-6,19H,7-8H2,1-3H3,(H,16,18). The zero-order valence-electron chi connectivity index (χ0n) is 11.2. The van der Waals surface area contributed by atoms with Crippen molar-refractivity contribution in [3.05, 3.63) is 28.2 Å². The van der Waals surface area contributed by atoms with Gasteiger partial charge in [0.15, 0.2) is 0 Å². The van der Waals surface area contributed by atoms with E-state index in [9.17, 15) is 9.90 Å². The van der Waals surface area contributed by atoms with Gasteiger partial charge in [0, 0.05) is 11.6 Å². The van der Waals surface area contributed by atoms with Gasteiger partial charge in [-0.15, -0.1) is 0 Å². The molecule has 1 rings (SSSR count). The highest BCUT2D eigenvalue weighted by Gasteiger charge is 2.17. The molecule has 0 atom stereocenters. The SMILES string of the molecule is CN(CC(=O)Nc1cc(Cl)ccc1Cl)CC(C)(C)O. The largest absolute Gasteiger partial charge is 0.389 e. The predicted molar refractivity (Wildman–Crippen MR) is 78.9 cm³/mol. The topological polar surface area (TPSA) is 52.6 Å². The van der Waals surface area contributed by atoms with E-state index in [1.165, 1.54) is 0 Å². The van der Waals surface area contributed by atoms with Crippen LogP contribution in [0.25, 0.3) is 0 Å². The molecule has 0 saturated heterocycles. The lowest BCUT2D eigenvalue weighted by atomic mass is 10.1. The summed E-state index contributed by atoms with van der Waals surface area (Å²) in [7, 11) is 1.76. The van der Waals surface area contributed by atoms with Crippen LogP contribution in [0.4, 0.5) is 5.69 Å². The second-order valence-corrected chi connectivity index (χ2v) is 6.00. The number of hydrogen-bond donors (Lipinski definition) is 2. The molecule has 106 valence electrons. The number of halogens is 2. The van der Waals surface area contributed by atoms with Gasteiger partial charge in [0.2, 0.25) is 5.91 Å². The van der Waals surface area contributed by atoms with Gasteiger partial charge in [-0.25, -0.2) is 0 Å². The first kappa shape index (κ1) is 16.2. The first-order valence-electron chi connectivity index (χ1n) is 5.83. The van der Waals surface area contributed by atoms with Gasteiger partial charge >= 0.3 is 0 Å². The molecule has 0 heterocycles. The number of nitrogens with zero attached hydrogens (tertiary/aromatic N) is 1. The Balaban J connectivity index is 2.58. The number of nitrogens with one attached hydrogen (secondary N) is 1. The minimum Gasteiger partial charge on any atom is -0.389 e. The molecule has 1 aromatic rings. The lowest BCUT2D eigenvalue weighted by Crippen LogP contribution is -2.40. The number of anilines is 1. The van der Waals surface area contributed by atoms with Crippen molar-refractivity contribution in [1.29, 1.82) is 0 Å². The van der Waals surface area contributed by atoms with Crippen molar-refractivity contribution in [2.75, 3.05) is 25.5 Å². The smallest absolute Gasteiger partial charge is 0.238 e. The highest BCUT2D eigenvalue weighted by molar-refractivity contribution is 6.35. The van der Waals surface area contributed by atoms with Crippen LogP contribution in [-0.4, -0.2) is 41.7 Å². The van der Waals surface area contributed by atoms with E-state index in [1.807, 2.05) is 0 Å². The van der Waals surface area contributed by atoms with Crippen LogP contribution in [0.3, 0.4) is 0 Å². The van der Waals surface area contributed by atoms with E-state index in [2.05, 4.69) is 5.32 Å². The molecule has 0 aliphatic heterocycles. The molecule has 0 unspecified atom stereocenters. The third-order valence-corrected chi connectivity index (χ3v) is 2.84. The average molecular weight is 305 g/mol. The molecule has 6 heteroatoms. The molecule has 19 heavy (non-hydrogen) atoms. The Kier molecular flexibility index (Phi) is 5.62. The van der Waals surface area contributed by atoms with E-state index in [4.69, 9.17) is 23.2 Å². The quantitative estimate of drug-likeness (QED) is 0.879. The molecule has 0 aliphatic carbocycles. The highest BCUT2D eigenvalue weighted by Crippen LogP contribution is 2.25. The van der Waals surface area contributed by atoms with E-state index in [1.54, 1.807) is 44.0 Å². The molecule has 1 aromatic carbocycles. The zero-order valence-corrected chi connectivity index (χ0v) is 12.7.